The summed E-state index contributed by atoms with van der Waals surface area (Å²) in [5.41, 5.74) is 4.32. The molecule has 5 nitrogen and oxygen atoms in total. The maximum Gasteiger partial charge on any atom is 0.0897 e. The smallest absolute Gasteiger partial charge is 0.0897 e. The average molecular weight is 380 g/mol. The molecule has 2 N–H and O–H groups in total. The Bertz CT molecular complexity index is 700. The molecule has 0 aliphatic heterocycles. The first-order chi connectivity index (χ1) is 12.4. The zero-order chi connectivity index (χ0) is 19.1. The van der Waals surface area contributed by atoms with Gasteiger partial charge < -0.3 is 15.2 Å². The van der Waals surface area contributed by atoms with Gasteiger partial charge in [-0.15, -0.1) is 0 Å². The molecule has 26 heavy (non-hydrogen) atoms. The number of aliphatic hydroxyl groups excluding tert-OH is 1. The molecule has 0 saturated carbocycles. The largest absolute Gasteiger partial charge is 0.389 e. The van der Waals surface area contributed by atoms with Crippen LogP contribution in [0.2, 0.25) is 5.02 Å². The zero-order valence-corrected chi connectivity index (χ0v) is 16.9. The van der Waals surface area contributed by atoms with Crippen molar-refractivity contribution >= 4 is 11.6 Å². The average Bonchev–Trinajstić information content (AvgIpc) is 2.84. The number of hydrogen-bond donors (Lipinski definition) is 2. The number of benzene rings is 1. The highest BCUT2D eigenvalue weighted by molar-refractivity contribution is 6.31. The highest BCUT2D eigenvalue weighted by atomic mass is 35.5. The maximum atomic E-state index is 9.99. The molecule has 0 saturated heterocycles. The van der Waals surface area contributed by atoms with E-state index in [1.54, 1.807) is 0 Å². The number of aromatic nitrogens is 2. The van der Waals surface area contributed by atoms with Gasteiger partial charge in [-0.05, 0) is 31.4 Å². The monoisotopic (exact) mass is 379 g/mol. The minimum absolute atomic E-state index is 0.356. The summed E-state index contributed by atoms with van der Waals surface area (Å²) in [5, 5.41) is 18.7. The van der Waals surface area contributed by atoms with Crippen LogP contribution >= 0.6 is 11.6 Å². The molecule has 1 aromatic heterocycles. The van der Waals surface area contributed by atoms with Crippen molar-refractivity contribution in [2.45, 2.75) is 46.9 Å². The molecule has 0 bridgehead atoms. The van der Waals surface area contributed by atoms with Crippen LogP contribution in [-0.2, 0) is 17.8 Å². The van der Waals surface area contributed by atoms with E-state index in [0.29, 0.717) is 38.8 Å². The van der Waals surface area contributed by atoms with E-state index in [1.807, 2.05) is 35.9 Å². The second-order valence-corrected chi connectivity index (χ2v) is 7.52. The van der Waals surface area contributed by atoms with Gasteiger partial charge in [0.15, 0.2) is 0 Å². The molecule has 1 atom stereocenters. The van der Waals surface area contributed by atoms with Gasteiger partial charge >= 0.3 is 0 Å². The fraction of sp³-hybridized carbons (Fsp3) is 0.550. The van der Waals surface area contributed by atoms with E-state index >= 15 is 0 Å². The van der Waals surface area contributed by atoms with E-state index in [9.17, 15) is 5.11 Å². The van der Waals surface area contributed by atoms with E-state index in [1.165, 1.54) is 0 Å². The summed E-state index contributed by atoms with van der Waals surface area (Å²) < 4.78 is 7.45. The molecule has 0 aliphatic rings. The topological polar surface area (TPSA) is 59.3 Å². The molecule has 0 spiro atoms. The summed E-state index contributed by atoms with van der Waals surface area (Å²) in [6, 6.07) is 7.83. The Morgan fingerprint density at radius 3 is 2.65 bits per heavy atom. The Kier molecular flexibility index (Phi) is 8.10. The number of hydrogen-bond acceptors (Lipinski definition) is 4. The second kappa shape index (κ2) is 10.1. The van der Waals surface area contributed by atoms with Gasteiger partial charge in [0.05, 0.1) is 24.9 Å². The number of aliphatic hydroxyl groups is 1. The number of ether oxygens (including phenoxy) is 1. The lowest BCUT2D eigenvalue weighted by molar-refractivity contribution is 0.0260. The van der Waals surface area contributed by atoms with Gasteiger partial charge in [-0.1, -0.05) is 43.6 Å². The standard InChI is InChI=1S/C20H30ClN3O2/c1-14(2)12-26-13-18(25)9-22-10-19-15(3)23-24(16(19)4)11-17-7-5-6-8-20(17)21/h5-8,14,18,22,25H,9-13H2,1-4H3. The lowest BCUT2D eigenvalue weighted by atomic mass is 10.2. The molecular weight excluding hydrogens is 350 g/mol. The van der Waals surface area contributed by atoms with Crippen molar-refractivity contribution in [3.8, 4) is 0 Å². The first-order valence-corrected chi connectivity index (χ1v) is 9.49. The molecule has 0 aliphatic carbocycles. The van der Waals surface area contributed by atoms with Crippen molar-refractivity contribution in [3.05, 3.63) is 51.8 Å². The summed E-state index contributed by atoms with van der Waals surface area (Å²) in [6.07, 6.45) is -0.507. The molecule has 2 rings (SSSR count). The third-order valence-corrected chi connectivity index (χ3v) is 4.62. The Morgan fingerprint density at radius 2 is 1.96 bits per heavy atom. The number of nitrogens with zero attached hydrogens (tertiary/aromatic N) is 2. The summed E-state index contributed by atoms with van der Waals surface area (Å²) in [5.74, 6) is 0.476. The summed E-state index contributed by atoms with van der Waals surface area (Å²) in [7, 11) is 0. The van der Waals surface area contributed by atoms with Gasteiger partial charge in [-0.25, -0.2) is 0 Å². The molecule has 1 aromatic carbocycles. The normalized spacial score (nSPS) is 12.7. The molecule has 6 heteroatoms. The van der Waals surface area contributed by atoms with Crippen molar-refractivity contribution in [1.82, 2.24) is 15.1 Å². The number of aryl methyl sites for hydroxylation is 1. The van der Waals surface area contributed by atoms with Crippen LogP contribution in [0.1, 0.15) is 36.4 Å². The predicted octanol–water partition coefficient (Wildman–Crippen LogP) is 3.32. The molecule has 0 fully saturated rings. The summed E-state index contributed by atoms with van der Waals surface area (Å²) in [4.78, 5) is 0. The van der Waals surface area contributed by atoms with Gasteiger partial charge in [-0.2, -0.15) is 5.10 Å². The SMILES string of the molecule is Cc1nn(Cc2ccccc2Cl)c(C)c1CNCC(O)COCC(C)C. The quantitative estimate of drug-likeness (QED) is 0.664. The van der Waals surface area contributed by atoms with E-state index in [-0.39, 0.29) is 0 Å². The van der Waals surface area contributed by atoms with Gasteiger partial charge in [0.2, 0.25) is 0 Å². The van der Waals surface area contributed by atoms with E-state index in [4.69, 9.17) is 16.3 Å². The minimum Gasteiger partial charge on any atom is -0.389 e. The van der Waals surface area contributed by atoms with E-state index in [2.05, 4.69) is 31.2 Å². The highest BCUT2D eigenvalue weighted by Crippen LogP contribution is 2.19. The Hall–Kier alpha value is -1.40. The van der Waals surface area contributed by atoms with Crippen LogP contribution in [-0.4, -0.2) is 40.7 Å². The highest BCUT2D eigenvalue weighted by Gasteiger charge is 2.13. The fourth-order valence-electron chi connectivity index (χ4n) is 2.79. The minimum atomic E-state index is -0.507. The van der Waals surface area contributed by atoms with Gasteiger partial charge in [0.1, 0.15) is 0 Å². The Labute approximate surface area is 161 Å². The summed E-state index contributed by atoms with van der Waals surface area (Å²) in [6.45, 7) is 11.1. The lowest BCUT2D eigenvalue weighted by Crippen LogP contribution is -2.30. The van der Waals surface area contributed by atoms with Crippen molar-refractivity contribution in [3.63, 3.8) is 0 Å². The van der Waals surface area contributed by atoms with Gasteiger partial charge in [0.25, 0.3) is 0 Å². The third-order valence-electron chi connectivity index (χ3n) is 4.25. The maximum absolute atomic E-state index is 9.99. The molecule has 144 valence electrons. The lowest BCUT2D eigenvalue weighted by Gasteiger charge is -2.13. The van der Waals surface area contributed by atoms with Crippen LogP contribution < -0.4 is 5.32 Å². The molecule has 1 heterocycles. The van der Waals surface area contributed by atoms with Crippen molar-refractivity contribution in [2.24, 2.45) is 5.92 Å². The van der Waals surface area contributed by atoms with Crippen molar-refractivity contribution < 1.29 is 9.84 Å². The van der Waals surface area contributed by atoms with Crippen LogP contribution in [0.5, 0.6) is 0 Å². The number of nitrogens with one attached hydrogen (secondary N) is 1. The van der Waals surface area contributed by atoms with Crippen LogP contribution in [0.3, 0.4) is 0 Å². The molecule has 1 unspecified atom stereocenters. The van der Waals surface area contributed by atoms with Crippen LogP contribution in [0.25, 0.3) is 0 Å². The summed E-state index contributed by atoms with van der Waals surface area (Å²) >= 11 is 6.26. The zero-order valence-electron chi connectivity index (χ0n) is 16.1. The van der Waals surface area contributed by atoms with Crippen LogP contribution in [0.4, 0.5) is 0 Å². The van der Waals surface area contributed by atoms with Crippen LogP contribution in [0, 0.1) is 19.8 Å². The molecular formula is C20H30ClN3O2. The van der Waals surface area contributed by atoms with E-state index < -0.39 is 6.10 Å². The molecule has 2 aromatic rings. The number of halogens is 1. The second-order valence-electron chi connectivity index (χ2n) is 7.11. The van der Waals surface area contributed by atoms with Crippen molar-refractivity contribution in [1.29, 1.82) is 0 Å². The molecule has 0 radical (unpaired) electrons. The first-order valence-electron chi connectivity index (χ1n) is 9.11. The first kappa shape index (κ1) is 20.9. The third kappa shape index (κ3) is 6.09. The predicted molar refractivity (Wildman–Crippen MR) is 106 cm³/mol. The van der Waals surface area contributed by atoms with Gasteiger partial charge in [-0.3, -0.25) is 4.68 Å². The number of rotatable bonds is 10. The Balaban J connectivity index is 1.88. The van der Waals surface area contributed by atoms with E-state index in [0.717, 1.165) is 27.5 Å². The fourth-order valence-corrected chi connectivity index (χ4v) is 2.99. The van der Waals surface area contributed by atoms with Crippen molar-refractivity contribution in [2.75, 3.05) is 19.8 Å². The molecule has 0 amide bonds. The Morgan fingerprint density at radius 1 is 1.23 bits per heavy atom. The van der Waals surface area contributed by atoms with Gasteiger partial charge in [0, 0.05) is 36.0 Å². The van der Waals surface area contributed by atoms with Crippen LogP contribution in [0.15, 0.2) is 24.3 Å².